The Balaban J connectivity index is 1.45. The maximum Gasteiger partial charge on any atom is 0.232 e. The van der Waals surface area contributed by atoms with Gasteiger partial charge in [-0.15, -0.1) is 11.3 Å². The average Bonchev–Trinajstić information content (AvgIpc) is 3.38. The van der Waals surface area contributed by atoms with Crippen molar-refractivity contribution in [2.24, 2.45) is 0 Å². The Morgan fingerprint density at radius 1 is 1.19 bits per heavy atom. The monoisotopic (exact) mass is 432 g/mol. The van der Waals surface area contributed by atoms with Crippen LogP contribution in [0.25, 0.3) is 6.08 Å². The van der Waals surface area contributed by atoms with E-state index in [1.54, 1.807) is 11.3 Å². The van der Waals surface area contributed by atoms with Crippen molar-refractivity contribution in [1.29, 1.82) is 0 Å². The highest BCUT2D eigenvalue weighted by Gasteiger charge is 2.35. The zero-order valence-electron chi connectivity index (χ0n) is 17.8. The van der Waals surface area contributed by atoms with Gasteiger partial charge < -0.3 is 14.4 Å². The second kappa shape index (κ2) is 7.87. The van der Waals surface area contributed by atoms with E-state index in [-0.39, 0.29) is 5.78 Å². The van der Waals surface area contributed by atoms with Gasteiger partial charge in [-0.05, 0) is 53.8 Å². The Labute approximate surface area is 186 Å². The van der Waals surface area contributed by atoms with E-state index >= 15 is 0 Å². The van der Waals surface area contributed by atoms with E-state index < -0.39 is 0 Å². The molecule has 158 valence electrons. The first kappa shape index (κ1) is 19.8. The van der Waals surface area contributed by atoms with Crippen LogP contribution in [0.15, 0.2) is 53.6 Å². The van der Waals surface area contributed by atoms with Gasteiger partial charge in [0.1, 0.15) is 18.2 Å². The van der Waals surface area contributed by atoms with E-state index in [1.165, 1.54) is 4.88 Å². The van der Waals surface area contributed by atoms with Crippen LogP contribution in [0, 0.1) is 6.92 Å². The molecule has 3 heterocycles. The maximum atomic E-state index is 13.2. The molecule has 0 fully saturated rings. The molecule has 2 aromatic carbocycles. The Morgan fingerprint density at radius 3 is 2.71 bits per heavy atom. The van der Waals surface area contributed by atoms with Crippen molar-refractivity contribution in [1.82, 2.24) is 4.90 Å². The van der Waals surface area contributed by atoms with Gasteiger partial charge >= 0.3 is 0 Å². The summed E-state index contributed by atoms with van der Waals surface area (Å²) in [5, 5.41) is 2.08. The lowest BCUT2D eigenvalue weighted by atomic mass is 9.98. The summed E-state index contributed by atoms with van der Waals surface area (Å²) in [6, 6.07) is 14.2. The molecule has 2 aliphatic heterocycles. The summed E-state index contributed by atoms with van der Waals surface area (Å²) in [7, 11) is 4.01. The van der Waals surface area contributed by atoms with Crippen LogP contribution in [0.2, 0.25) is 0 Å². The third kappa shape index (κ3) is 3.73. The van der Waals surface area contributed by atoms with E-state index in [9.17, 15) is 4.79 Å². The van der Waals surface area contributed by atoms with E-state index in [4.69, 9.17) is 9.47 Å². The van der Waals surface area contributed by atoms with Crippen LogP contribution in [0.3, 0.4) is 0 Å². The summed E-state index contributed by atoms with van der Waals surface area (Å²) in [4.78, 5) is 18.7. The summed E-state index contributed by atoms with van der Waals surface area (Å²) < 4.78 is 12.2. The largest absolute Gasteiger partial charge is 0.478 e. The summed E-state index contributed by atoms with van der Waals surface area (Å²) in [6.07, 6.45) is 1.82. The molecular formula is C25H24N2O3S. The number of allylic oxidation sites excluding steroid dienone is 1. The predicted molar refractivity (Wildman–Crippen MR) is 124 cm³/mol. The number of hydrogen-bond donors (Lipinski definition) is 0. The molecule has 5 nitrogen and oxygen atoms in total. The summed E-state index contributed by atoms with van der Waals surface area (Å²) in [5.41, 5.74) is 4.53. The van der Waals surface area contributed by atoms with Crippen molar-refractivity contribution in [2.45, 2.75) is 20.0 Å². The lowest BCUT2D eigenvalue weighted by molar-refractivity contribution is 0.0881. The minimum absolute atomic E-state index is 0.0673. The van der Waals surface area contributed by atoms with Gasteiger partial charge in [0.25, 0.3) is 0 Å². The minimum atomic E-state index is -0.0673. The number of benzene rings is 2. The Bertz CT molecular complexity index is 1160. The first-order valence-electron chi connectivity index (χ1n) is 10.3. The number of fused-ring (bicyclic) bond motifs is 3. The van der Waals surface area contributed by atoms with Gasteiger partial charge in [0, 0.05) is 37.7 Å². The molecule has 0 amide bonds. The van der Waals surface area contributed by atoms with Gasteiger partial charge in [-0.25, -0.2) is 0 Å². The molecule has 0 bridgehead atoms. The van der Waals surface area contributed by atoms with E-state index in [0.717, 1.165) is 34.7 Å². The second-order valence-electron chi connectivity index (χ2n) is 8.14. The molecule has 1 aromatic heterocycles. The number of nitrogens with zero attached hydrogens (tertiary/aromatic N) is 2. The highest BCUT2D eigenvalue weighted by Crippen LogP contribution is 2.44. The van der Waals surface area contributed by atoms with Crippen LogP contribution in [0.1, 0.15) is 31.9 Å². The second-order valence-corrected chi connectivity index (χ2v) is 9.17. The molecule has 0 saturated heterocycles. The van der Waals surface area contributed by atoms with Crippen LogP contribution in [0.5, 0.6) is 11.5 Å². The van der Waals surface area contributed by atoms with Crippen molar-refractivity contribution in [3.8, 4) is 11.5 Å². The Hall–Kier alpha value is -3.09. The number of Topliss-reactive ketones (excluding diaryl/α,β-unsaturated/α-hetero) is 1. The molecule has 31 heavy (non-hydrogen) atoms. The van der Waals surface area contributed by atoms with Gasteiger partial charge in [-0.1, -0.05) is 18.2 Å². The number of anilines is 1. The molecule has 0 aliphatic carbocycles. The molecule has 0 saturated carbocycles. The summed E-state index contributed by atoms with van der Waals surface area (Å²) in [6.45, 7) is 3.97. The van der Waals surface area contributed by atoms with E-state index in [2.05, 4.69) is 22.4 Å². The minimum Gasteiger partial charge on any atom is -0.478 e. The first-order valence-corrected chi connectivity index (χ1v) is 11.1. The fraction of sp³-hybridized carbons (Fsp3) is 0.240. The zero-order valence-corrected chi connectivity index (χ0v) is 18.7. The average molecular weight is 433 g/mol. The first-order chi connectivity index (χ1) is 15.0. The summed E-state index contributed by atoms with van der Waals surface area (Å²) in [5.74, 6) is 1.75. The Morgan fingerprint density at radius 2 is 2.00 bits per heavy atom. The summed E-state index contributed by atoms with van der Waals surface area (Å²) >= 11 is 1.74. The van der Waals surface area contributed by atoms with Crippen LogP contribution < -0.4 is 14.4 Å². The highest BCUT2D eigenvalue weighted by atomic mass is 32.1. The van der Waals surface area contributed by atoms with Crippen LogP contribution in [-0.4, -0.2) is 31.5 Å². The predicted octanol–water partition coefficient (Wildman–Crippen LogP) is 5.09. The molecule has 2 aliphatic rings. The molecule has 0 unspecified atom stereocenters. The smallest absolute Gasteiger partial charge is 0.232 e. The van der Waals surface area contributed by atoms with Gasteiger partial charge in [0.2, 0.25) is 5.78 Å². The number of rotatable bonds is 4. The third-order valence-electron chi connectivity index (χ3n) is 5.65. The number of hydrogen-bond acceptors (Lipinski definition) is 6. The molecule has 3 aromatic rings. The lowest BCUT2D eigenvalue weighted by Crippen LogP contribution is -2.31. The molecule has 5 rings (SSSR count). The van der Waals surface area contributed by atoms with Crippen molar-refractivity contribution >= 4 is 28.9 Å². The maximum absolute atomic E-state index is 13.2. The molecule has 0 spiro atoms. The van der Waals surface area contributed by atoms with Gasteiger partial charge in [0.15, 0.2) is 5.76 Å². The normalized spacial score (nSPS) is 16.6. The topological polar surface area (TPSA) is 42.0 Å². The van der Waals surface area contributed by atoms with E-state index in [1.807, 2.05) is 62.3 Å². The number of ether oxygens (including phenoxy) is 2. The van der Waals surface area contributed by atoms with Crippen molar-refractivity contribution in [3.63, 3.8) is 0 Å². The zero-order chi connectivity index (χ0) is 21.5. The molecular weight excluding hydrogens is 408 g/mol. The number of thiophene rings is 1. The van der Waals surface area contributed by atoms with Crippen molar-refractivity contribution in [3.05, 3.63) is 80.7 Å². The van der Waals surface area contributed by atoms with Crippen LogP contribution in [0.4, 0.5) is 5.69 Å². The fourth-order valence-corrected chi connectivity index (χ4v) is 4.77. The number of aryl methyl sites for hydroxylation is 1. The molecule has 0 radical (unpaired) electrons. The number of carbonyl (C=O) groups excluding carboxylic acids is 1. The lowest BCUT2D eigenvalue weighted by Gasteiger charge is -2.29. The van der Waals surface area contributed by atoms with Gasteiger partial charge in [-0.2, -0.15) is 0 Å². The van der Waals surface area contributed by atoms with Crippen molar-refractivity contribution in [2.75, 3.05) is 25.7 Å². The fourth-order valence-electron chi connectivity index (χ4n) is 4.02. The Kier molecular flexibility index (Phi) is 5.04. The number of ketones is 1. The quantitative estimate of drug-likeness (QED) is 0.537. The molecule has 0 N–H and O–H groups in total. The molecule has 6 heteroatoms. The van der Waals surface area contributed by atoms with Gasteiger partial charge in [-0.3, -0.25) is 9.69 Å². The molecule has 0 atom stereocenters. The van der Waals surface area contributed by atoms with Crippen LogP contribution in [-0.2, 0) is 13.1 Å². The highest BCUT2D eigenvalue weighted by molar-refractivity contribution is 7.09. The third-order valence-corrected chi connectivity index (χ3v) is 6.52. The van der Waals surface area contributed by atoms with Crippen molar-refractivity contribution < 1.29 is 14.3 Å². The van der Waals surface area contributed by atoms with Crippen LogP contribution >= 0.6 is 11.3 Å². The van der Waals surface area contributed by atoms with Gasteiger partial charge in [0.05, 0.1) is 11.1 Å². The SMILES string of the molecule is Cc1cc2c(c3c1C(=O)/C(=C/c1ccc(N(C)C)cc1)O3)CN(Cc1cccs1)CO2. The standard InChI is InChI=1S/C25H24N2O3S/c1-16-11-21-20(14-27(15-29-21)13-19-5-4-10-31-19)25-23(16)24(28)22(30-25)12-17-6-8-18(9-7-17)26(2)3/h4-12H,13-15H2,1-3H3/b22-12-. The number of carbonyl (C=O) groups is 1. The van der Waals surface area contributed by atoms with E-state index in [0.29, 0.717) is 30.3 Å².